The summed E-state index contributed by atoms with van der Waals surface area (Å²) in [5, 5.41) is 0. The van der Waals surface area contributed by atoms with Gasteiger partial charge in [-0.05, 0) is 24.7 Å². The standard InChI is InChI=1S/C13H21N3/c1-2-10-3-5-11(6-4-10)13(14)12-7-15-9-16-8-12/h7-11,13H,2-6,14H2,1H3. The van der Waals surface area contributed by atoms with E-state index in [-0.39, 0.29) is 6.04 Å². The van der Waals surface area contributed by atoms with Crippen molar-refractivity contribution in [2.45, 2.75) is 45.1 Å². The van der Waals surface area contributed by atoms with Gasteiger partial charge in [0.25, 0.3) is 0 Å². The molecular weight excluding hydrogens is 198 g/mol. The molecule has 0 spiro atoms. The normalized spacial score (nSPS) is 27.6. The molecule has 1 aromatic heterocycles. The van der Waals surface area contributed by atoms with E-state index in [1.54, 1.807) is 6.33 Å². The number of hydrogen-bond donors (Lipinski definition) is 1. The summed E-state index contributed by atoms with van der Waals surface area (Å²) < 4.78 is 0. The maximum absolute atomic E-state index is 6.28. The molecule has 1 fully saturated rings. The molecule has 16 heavy (non-hydrogen) atoms. The van der Waals surface area contributed by atoms with Crippen LogP contribution in [0.1, 0.15) is 50.6 Å². The van der Waals surface area contributed by atoms with E-state index in [2.05, 4.69) is 16.9 Å². The van der Waals surface area contributed by atoms with Gasteiger partial charge in [0.15, 0.2) is 0 Å². The molecule has 2 N–H and O–H groups in total. The van der Waals surface area contributed by atoms with Gasteiger partial charge in [-0.3, -0.25) is 0 Å². The monoisotopic (exact) mass is 219 g/mol. The number of nitrogens with two attached hydrogens (primary N) is 1. The quantitative estimate of drug-likeness (QED) is 0.850. The van der Waals surface area contributed by atoms with Crippen LogP contribution in [-0.2, 0) is 0 Å². The fourth-order valence-electron chi connectivity index (χ4n) is 2.71. The highest BCUT2D eigenvalue weighted by Gasteiger charge is 2.25. The Labute approximate surface area is 97.5 Å². The van der Waals surface area contributed by atoms with Crippen LogP contribution in [0.4, 0.5) is 0 Å². The van der Waals surface area contributed by atoms with Crippen LogP contribution < -0.4 is 5.73 Å². The molecule has 1 unspecified atom stereocenters. The third-order valence-electron chi connectivity index (χ3n) is 3.94. The molecule has 1 saturated carbocycles. The van der Waals surface area contributed by atoms with Crippen LogP contribution in [0.5, 0.6) is 0 Å². The Morgan fingerprint density at radius 3 is 2.44 bits per heavy atom. The lowest BCUT2D eigenvalue weighted by atomic mass is 9.76. The Kier molecular flexibility index (Phi) is 3.88. The highest BCUT2D eigenvalue weighted by Crippen LogP contribution is 2.36. The van der Waals surface area contributed by atoms with Crippen LogP contribution in [0.15, 0.2) is 18.7 Å². The molecule has 0 aliphatic heterocycles. The summed E-state index contributed by atoms with van der Waals surface area (Å²) >= 11 is 0. The van der Waals surface area contributed by atoms with Crippen LogP contribution in [0.3, 0.4) is 0 Å². The van der Waals surface area contributed by atoms with E-state index in [9.17, 15) is 0 Å². The van der Waals surface area contributed by atoms with Crippen molar-refractivity contribution >= 4 is 0 Å². The number of rotatable bonds is 3. The van der Waals surface area contributed by atoms with Crippen molar-refractivity contribution in [1.82, 2.24) is 9.97 Å². The average Bonchev–Trinajstić information content (AvgIpc) is 2.39. The van der Waals surface area contributed by atoms with Gasteiger partial charge in [-0.2, -0.15) is 0 Å². The minimum absolute atomic E-state index is 0.124. The molecule has 88 valence electrons. The number of nitrogens with zero attached hydrogens (tertiary/aromatic N) is 2. The molecule has 0 saturated heterocycles. The van der Waals surface area contributed by atoms with E-state index in [1.165, 1.54) is 32.1 Å². The van der Waals surface area contributed by atoms with Gasteiger partial charge < -0.3 is 5.73 Å². The lowest BCUT2D eigenvalue weighted by molar-refractivity contribution is 0.239. The molecule has 1 aliphatic rings. The van der Waals surface area contributed by atoms with Crippen molar-refractivity contribution in [3.05, 3.63) is 24.3 Å². The van der Waals surface area contributed by atoms with E-state index in [0.29, 0.717) is 5.92 Å². The molecule has 1 aliphatic carbocycles. The molecule has 3 nitrogen and oxygen atoms in total. The molecule has 1 heterocycles. The summed E-state index contributed by atoms with van der Waals surface area (Å²) in [6.07, 6.45) is 11.8. The molecule has 3 heteroatoms. The third-order valence-corrected chi connectivity index (χ3v) is 3.94. The fraction of sp³-hybridized carbons (Fsp3) is 0.692. The smallest absolute Gasteiger partial charge is 0.115 e. The van der Waals surface area contributed by atoms with Crippen molar-refractivity contribution < 1.29 is 0 Å². The lowest BCUT2D eigenvalue weighted by Crippen LogP contribution is -2.26. The van der Waals surface area contributed by atoms with Gasteiger partial charge in [-0.1, -0.05) is 26.2 Å². The predicted molar refractivity (Wildman–Crippen MR) is 64.7 cm³/mol. The first-order valence-corrected chi connectivity index (χ1v) is 6.31. The molecule has 1 atom stereocenters. The highest BCUT2D eigenvalue weighted by atomic mass is 14.8. The molecular formula is C13H21N3. The first-order valence-electron chi connectivity index (χ1n) is 6.31. The van der Waals surface area contributed by atoms with E-state index in [0.717, 1.165) is 11.5 Å². The van der Waals surface area contributed by atoms with Crippen LogP contribution in [0.25, 0.3) is 0 Å². The summed E-state index contributed by atoms with van der Waals surface area (Å²) in [7, 11) is 0. The summed E-state index contributed by atoms with van der Waals surface area (Å²) in [5.74, 6) is 1.55. The Morgan fingerprint density at radius 1 is 1.25 bits per heavy atom. The SMILES string of the molecule is CCC1CCC(C(N)c2cncnc2)CC1. The fourth-order valence-corrected chi connectivity index (χ4v) is 2.71. The van der Waals surface area contributed by atoms with Crippen LogP contribution in [-0.4, -0.2) is 9.97 Å². The van der Waals surface area contributed by atoms with Crippen molar-refractivity contribution in [3.8, 4) is 0 Å². The second kappa shape index (κ2) is 5.39. The Bertz CT molecular complexity index is 304. The summed E-state index contributed by atoms with van der Waals surface area (Å²) in [6.45, 7) is 2.29. The summed E-state index contributed by atoms with van der Waals surface area (Å²) in [4.78, 5) is 8.08. The first-order chi connectivity index (χ1) is 7.81. The molecule has 0 radical (unpaired) electrons. The van der Waals surface area contributed by atoms with E-state index in [1.807, 2.05) is 12.4 Å². The van der Waals surface area contributed by atoms with E-state index in [4.69, 9.17) is 5.73 Å². The van der Waals surface area contributed by atoms with E-state index >= 15 is 0 Å². The maximum atomic E-state index is 6.28. The van der Waals surface area contributed by atoms with Gasteiger partial charge in [-0.15, -0.1) is 0 Å². The minimum atomic E-state index is 0.124. The van der Waals surface area contributed by atoms with E-state index < -0.39 is 0 Å². The molecule has 0 amide bonds. The topological polar surface area (TPSA) is 51.8 Å². The Morgan fingerprint density at radius 2 is 1.88 bits per heavy atom. The predicted octanol–water partition coefficient (Wildman–Crippen LogP) is 2.69. The molecule has 0 aromatic carbocycles. The van der Waals surface area contributed by atoms with Gasteiger partial charge in [0, 0.05) is 24.0 Å². The van der Waals surface area contributed by atoms with Crippen molar-refractivity contribution in [2.24, 2.45) is 17.6 Å². The van der Waals surface area contributed by atoms with Crippen molar-refractivity contribution in [3.63, 3.8) is 0 Å². The average molecular weight is 219 g/mol. The number of aromatic nitrogens is 2. The molecule has 2 rings (SSSR count). The zero-order valence-corrected chi connectivity index (χ0v) is 9.97. The van der Waals surface area contributed by atoms with Gasteiger partial charge >= 0.3 is 0 Å². The maximum Gasteiger partial charge on any atom is 0.115 e. The van der Waals surface area contributed by atoms with Gasteiger partial charge in [0.1, 0.15) is 6.33 Å². The highest BCUT2D eigenvalue weighted by molar-refractivity contribution is 5.10. The molecule has 0 bridgehead atoms. The van der Waals surface area contributed by atoms with Gasteiger partial charge in [0.05, 0.1) is 0 Å². The number of hydrogen-bond acceptors (Lipinski definition) is 3. The first kappa shape index (κ1) is 11.5. The third kappa shape index (κ3) is 2.59. The van der Waals surface area contributed by atoms with Crippen molar-refractivity contribution in [1.29, 1.82) is 0 Å². The Hall–Kier alpha value is -0.960. The zero-order chi connectivity index (χ0) is 11.4. The van der Waals surface area contributed by atoms with Crippen LogP contribution in [0, 0.1) is 11.8 Å². The Balaban J connectivity index is 1.94. The second-order valence-corrected chi connectivity index (χ2v) is 4.89. The largest absolute Gasteiger partial charge is 0.324 e. The summed E-state index contributed by atoms with van der Waals surface area (Å²) in [5.41, 5.74) is 7.36. The zero-order valence-electron chi connectivity index (χ0n) is 9.97. The lowest BCUT2D eigenvalue weighted by Gasteiger charge is -2.31. The molecule has 1 aromatic rings. The summed E-state index contributed by atoms with van der Waals surface area (Å²) in [6, 6.07) is 0.124. The van der Waals surface area contributed by atoms with Gasteiger partial charge in [-0.25, -0.2) is 9.97 Å². The van der Waals surface area contributed by atoms with Crippen LogP contribution >= 0.6 is 0 Å². The van der Waals surface area contributed by atoms with Gasteiger partial charge in [0.2, 0.25) is 0 Å². The van der Waals surface area contributed by atoms with Crippen molar-refractivity contribution in [2.75, 3.05) is 0 Å². The van der Waals surface area contributed by atoms with Crippen LogP contribution in [0.2, 0.25) is 0 Å². The minimum Gasteiger partial charge on any atom is -0.324 e. The second-order valence-electron chi connectivity index (χ2n) is 4.89.